The van der Waals surface area contributed by atoms with E-state index in [-0.39, 0.29) is 0 Å². The second-order valence-corrected chi connectivity index (χ2v) is 6.46. The molecule has 0 spiro atoms. The van der Waals surface area contributed by atoms with E-state index in [2.05, 4.69) is 23.5 Å². The Morgan fingerprint density at radius 1 is 0.952 bits per heavy atom. The van der Waals surface area contributed by atoms with Crippen LogP contribution >= 0.6 is 23.2 Å². The van der Waals surface area contributed by atoms with Gasteiger partial charge in [0, 0.05) is 16.6 Å². The fourth-order valence-electron chi connectivity index (χ4n) is 2.92. The van der Waals surface area contributed by atoms with E-state index >= 15 is 0 Å². The summed E-state index contributed by atoms with van der Waals surface area (Å²) in [6.07, 6.45) is 4.71. The molecule has 2 aromatic carbocycles. The topological polar surface area (TPSA) is 12.0 Å². The Morgan fingerprint density at radius 3 is 2.67 bits per heavy atom. The van der Waals surface area contributed by atoms with Crippen molar-refractivity contribution < 1.29 is 0 Å². The lowest BCUT2D eigenvalue weighted by molar-refractivity contribution is 0.686. The van der Waals surface area contributed by atoms with Crippen LogP contribution in [0.1, 0.15) is 28.7 Å². The summed E-state index contributed by atoms with van der Waals surface area (Å²) < 4.78 is 0. The number of benzene rings is 2. The second kappa shape index (κ2) is 6.83. The van der Waals surface area contributed by atoms with Crippen molar-refractivity contribution in [2.45, 2.75) is 32.2 Å². The van der Waals surface area contributed by atoms with Crippen LogP contribution in [0.5, 0.6) is 0 Å². The molecular weight excluding hydrogens is 301 g/mol. The highest BCUT2D eigenvalue weighted by Crippen LogP contribution is 2.23. The number of nitrogens with one attached hydrogen (secondary N) is 1. The normalized spacial score (nSPS) is 13.4. The number of rotatable bonds is 5. The van der Waals surface area contributed by atoms with E-state index in [9.17, 15) is 0 Å². The summed E-state index contributed by atoms with van der Waals surface area (Å²) in [5, 5.41) is 4.93. The molecule has 3 heteroatoms. The van der Waals surface area contributed by atoms with Gasteiger partial charge in [0.2, 0.25) is 0 Å². The zero-order valence-corrected chi connectivity index (χ0v) is 13.5. The highest BCUT2D eigenvalue weighted by molar-refractivity contribution is 6.35. The van der Waals surface area contributed by atoms with Gasteiger partial charge in [-0.3, -0.25) is 0 Å². The van der Waals surface area contributed by atoms with E-state index in [1.807, 2.05) is 12.1 Å². The molecule has 0 saturated carbocycles. The first-order valence-electron chi connectivity index (χ1n) is 7.48. The van der Waals surface area contributed by atoms with Crippen LogP contribution in [-0.2, 0) is 25.8 Å². The smallest absolute Gasteiger partial charge is 0.0453 e. The van der Waals surface area contributed by atoms with Gasteiger partial charge in [0.1, 0.15) is 0 Å². The summed E-state index contributed by atoms with van der Waals surface area (Å²) in [4.78, 5) is 0. The highest BCUT2D eigenvalue weighted by Gasteiger charge is 2.10. The number of aryl methyl sites for hydroxylation is 2. The molecule has 2 aromatic rings. The van der Waals surface area contributed by atoms with Crippen molar-refractivity contribution in [3.05, 3.63) is 68.7 Å². The van der Waals surface area contributed by atoms with E-state index < -0.39 is 0 Å². The number of halogens is 2. The van der Waals surface area contributed by atoms with Crippen molar-refractivity contribution in [2.24, 2.45) is 0 Å². The SMILES string of the molecule is Clc1ccc(CCNCc2ccc3c(c2)CCC3)c(Cl)c1. The van der Waals surface area contributed by atoms with Gasteiger partial charge in [-0.05, 0) is 66.6 Å². The average molecular weight is 320 g/mol. The molecule has 0 aromatic heterocycles. The Labute approximate surface area is 136 Å². The molecule has 0 radical (unpaired) electrons. The van der Waals surface area contributed by atoms with Crippen LogP contribution in [0, 0.1) is 0 Å². The maximum Gasteiger partial charge on any atom is 0.0453 e. The first kappa shape index (κ1) is 14.9. The molecular formula is C18H19Cl2N. The van der Waals surface area contributed by atoms with Crippen molar-refractivity contribution in [1.82, 2.24) is 5.32 Å². The van der Waals surface area contributed by atoms with Crippen molar-refractivity contribution in [2.75, 3.05) is 6.54 Å². The van der Waals surface area contributed by atoms with E-state index in [4.69, 9.17) is 23.2 Å². The van der Waals surface area contributed by atoms with E-state index in [1.54, 1.807) is 6.07 Å². The van der Waals surface area contributed by atoms with Gasteiger partial charge in [-0.25, -0.2) is 0 Å². The van der Waals surface area contributed by atoms with Gasteiger partial charge in [0.05, 0.1) is 0 Å². The zero-order chi connectivity index (χ0) is 14.7. The Bertz CT molecular complexity index is 637. The Hall–Kier alpha value is -1.02. The van der Waals surface area contributed by atoms with Crippen LogP contribution in [0.15, 0.2) is 36.4 Å². The van der Waals surface area contributed by atoms with Crippen LogP contribution in [0.2, 0.25) is 10.0 Å². The molecule has 1 nitrogen and oxygen atoms in total. The summed E-state index contributed by atoms with van der Waals surface area (Å²) in [5.74, 6) is 0. The molecule has 1 N–H and O–H groups in total. The first-order chi connectivity index (χ1) is 10.2. The predicted octanol–water partition coefficient (Wildman–Crippen LogP) is 4.81. The molecule has 110 valence electrons. The van der Waals surface area contributed by atoms with Crippen molar-refractivity contribution in [3.8, 4) is 0 Å². The van der Waals surface area contributed by atoms with Crippen molar-refractivity contribution >= 4 is 23.2 Å². The summed E-state index contributed by atoms with van der Waals surface area (Å²) in [6, 6.07) is 12.6. The number of fused-ring (bicyclic) bond motifs is 1. The van der Waals surface area contributed by atoms with Crippen molar-refractivity contribution in [3.63, 3.8) is 0 Å². The predicted molar refractivity (Wildman–Crippen MR) is 90.3 cm³/mol. The lowest BCUT2D eigenvalue weighted by atomic mass is 10.1. The van der Waals surface area contributed by atoms with Gasteiger partial charge in [-0.1, -0.05) is 47.5 Å². The minimum absolute atomic E-state index is 0.690. The lowest BCUT2D eigenvalue weighted by Crippen LogP contribution is -2.17. The molecule has 3 rings (SSSR count). The maximum absolute atomic E-state index is 6.18. The fraction of sp³-hybridized carbons (Fsp3) is 0.333. The summed E-state index contributed by atoms with van der Waals surface area (Å²) in [5.41, 5.74) is 5.59. The molecule has 0 heterocycles. The van der Waals surface area contributed by atoms with Gasteiger partial charge in [-0.15, -0.1) is 0 Å². The van der Waals surface area contributed by atoms with Gasteiger partial charge < -0.3 is 5.32 Å². The van der Waals surface area contributed by atoms with E-state index in [0.717, 1.165) is 30.1 Å². The molecule has 21 heavy (non-hydrogen) atoms. The molecule has 0 atom stereocenters. The highest BCUT2D eigenvalue weighted by atomic mass is 35.5. The van der Waals surface area contributed by atoms with E-state index in [0.29, 0.717) is 5.02 Å². The van der Waals surface area contributed by atoms with Crippen LogP contribution < -0.4 is 5.32 Å². The third kappa shape index (κ3) is 3.79. The monoisotopic (exact) mass is 319 g/mol. The zero-order valence-electron chi connectivity index (χ0n) is 12.0. The van der Waals surface area contributed by atoms with Crippen LogP contribution in [0.4, 0.5) is 0 Å². The Balaban J connectivity index is 1.50. The third-order valence-corrected chi connectivity index (χ3v) is 4.67. The largest absolute Gasteiger partial charge is 0.312 e. The first-order valence-corrected chi connectivity index (χ1v) is 8.23. The standard InChI is InChI=1S/C18H19Cl2N/c19-17-7-6-15(18(20)11-17)8-9-21-12-13-4-5-14-2-1-3-16(14)10-13/h4-7,10-11,21H,1-3,8-9,12H2. The fourth-order valence-corrected chi connectivity index (χ4v) is 3.42. The number of hydrogen-bond donors (Lipinski definition) is 1. The maximum atomic E-state index is 6.18. The summed E-state index contributed by atoms with van der Waals surface area (Å²) in [7, 11) is 0. The Kier molecular flexibility index (Phi) is 4.84. The molecule has 0 unspecified atom stereocenters. The molecule has 0 fully saturated rings. The lowest BCUT2D eigenvalue weighted by Gasteiger charge is -2.08. The third-order valence-electron chi connectivity index (χ3n) is 4.08. The molecule has 1 aliphatic rings. The van der Waals surface area contributed by atoms with Gasteiger partial charge >= 0.3 is 0 Å². The molecule has 1 aliphatic carbocycles. The van der Waals surface area contributed by atoms with Crippen LogP contribution in [-0.4, -0.2) is 6.54 Å². The number of hydrogen-bond acceptors (Lipinski definition) is 1. The van der Waals surface area contributed by atoms with Gasteiger partial charge in [-0.2, -0.15) is 0 Å². The quantitative estimate of drug-likeness (QED) is 0.779. The Morgan fingerprint density at radius 2 is 1.81 bits per heavy atom. The minimum atomic E-state index is 0.690. The van der Waals surface area contributed by atoms with Crippen molar-refractivity contribution in [1.29, 1.82) is 0 Å². The van der Waals surface area contributed by atoms with Crippen LogP contribution in [0.3, 0.4) is 0 Å². The summed E-state index contributed by atoms with van der Waals surface area (Å²) in [6.45, 7) is 1.83. The summed E-state index contributed by atoms with van der Waals surface area (Å²) >= 11 is 12.1. The van der Waals surface area contributed by atoms with Gasteiger partial charge in [0.25, 0.3) is 0 Å². The average Bonchev–Trinajstić information content (AvgIpc) is 2.93. The molecule has 0 saturated heterocycles. The van der Waals surface area contributed by atoms with E-state index in [1.165, 1.54) is 36.0 Å². The minimum Gasteiger partial charge on any atom is -0.312 e. The molecule has 0 aliphatic heterocycles. The van der Waals surface area contributed by atoms with Crippen LogP contribution in [0.25, 0.3) is 0 Å². The van der Waals surface area contributed by atoms with Gasteiger partial charge in [0.15, 0.2) is 0 Å². The molecule has 0 amide bonds. The second-order valence-electron chi connectivity index (χ2n) is 5.62. The molecule has 0 bridgehead atoms.